The van der Waals surface area contributed by atoms with Crippen LogP contribution in [0, 0.1) is 35.0 Å². The fraction of sp³-hybridized carbons (Fsp3) is 0.522. The first kappa shape index (κ1) is 26.0. The van der Waals surface area contributed by atoms with E-state index in [0.717, 1.165) is 0 Å². The summed E-state index contributed by atoms with van der Waals surface area (Å²) in [5.41, 5.74) is 0.738. The Morgan fingerprint density at radius 2 is 1.18 bits per heavy atom. The standard InChI is InChI=1S/C23H25NO10/c24-8-13-7-11(2-5-14-18(27)22(31)20(29)16(9-25)33-14)1-3-12(13)4-6-15-19(28)23(32)21(30)17(10-26)34-15/h1,3,7,14-23,25-32H,9-10H2. The Bertz CT molecular complexity index is 1030. The van der Waals surface area contributed by atoms with Gasteiger partial charge in [0.25, 0.3) is 0 Å². The highest BCUT2D eigenvalue weighted by atomic mass is 16.5. The average Bonchev–Trinajstić information content (AvgIpc) is 2.85. The number of hydrogen-bond acceptors (Lipinski definition) is 11. The lowest BCUT2D eigenvalue weighted by atomic mass is 9.95. The smallest absolute Gasteiger partial charge is 0.147 e. The number of rotatable bonds is 2. The van der Waals surface area contributed by atoms with Crippen LogP contribution in [0.25, 0.3) is 0 Å². The van der Waals surface area contributed by atoms with Crippen LogP contribution in [0.3, 0.4) is 0 Å². The zero-order chi connectivity index (χ0) is 25.0. The second kappa shape index (κ2) is 11.2. The van der Waals surface area contributed by atoms with Crippen LogP contribution in [-0.2, 0) is 9.47 Å². The van der Waals surface area contributed by atoms with Gasteiger partial charge in [-0.2, -0.15) is 5.26 Å². The predicted octanol–water partition coefficient (Wildman–Crippen LogP) is -4.05. The van der Waals surface area contributed by atoms with Crippen LogP contribution < -0.4 is 0 Å². The lowest BCUT2D eigenvalue weighted by Crippen LogP contribution is -2.58. The first-order valence-electron chi connectivity index (χ1n) is 10.4. The third kappa shape index (κ3) is 5.39. The van der Waals surface area contributed by atoms with E-state index in [0.29, 0.717) is 5.56 Å². The van der Waals surface area contributed by atoms with E-state index in [-0.39, 0.29) is 11.1 Å². The molecule has 1 aromatic carbocycles. The topological polar surface area (TPSA) is 204 Å². The Balaban J connectivity index is 1.79. The molecule has 182 valence electrons. The van der Waals surface area contributed by atoms with Gasteiger partial charge < -0.3 is 50.3 Å². The van der Waals surface area contributed by atoms with Gasteiger partial charge in [-0.1, -0.05) is 23.7 Å². The fourth-order valence-corrected chi connectivity index (χ4v) is 3.57. The second-order valence-electron chi connectivity index (χ2n) is 7.91. The average molecular weight is 475 g/mol. The van der Waals surface area contributed by atoms with E-state index in [9.17, 15) is 46.1 Å². The molecular formula is C23H25NO10. The number of aliphatic hydroxyl groups excluding tert-OH is 8. The van der Waals surface area contributed by atoms with Crippen molar-refractivity contribution in [1.29, 1.82) is 5.26 Å². The molecule has 0 bridgehead atoms. The molecule has 8 N–H and O–H groups in total. The molecule has 2 aliphatic heterocycles. The summed E-state index contributed by atoms with van der Waals surface area (Å²) >= 11 is 0. The Kier molecular flexibility index (Phi) is 8.61. The quantitative estimate of drug-likeness (QED) is 0.193. The van der Waals surface area contributed by atoms with E-state index < -0.39 is 74.3 Å². The minimum atomic E-state index is -1.57. The summed E-state index contributed by atoms with van der Waals surface area (Å²) in [5, 5.41) is 87.5. The molecule has 3 rings (SSSR count). The van der Waals surface area contributed by atoms with Crippen molar-refractivity contribution in [1.82, 2.24) is 0 Å². The summed E-state index contributed by atoms with van der Waals surface area (Å²) in [4.78, 5) is 0. The van der Waals surface area contributed by atoms with Gasteiger partial charge in [0.05, 0.1) is 18.8 Å². The van der Waals surface area contributed by atoms with Gasteiger partial charge in [0.15, 0.2) is 0 Å². The molecule has 0 saturated carbocycles. The molecule has 0 aromatic heterocycles. The molecule has 2 saturated heterocycles. The van der Waals surface area contributed by atoms with Crippen LogP contribution in [0.4, 0.5) is 0 Å². The summed E-state index contributed by atoms with van der Waals surface area (Å²) in [6.45, 7) is -1.17. The van der Waals surface area contributed by atoms with Gasteiger partial charge in [0.1, 0.15) is 67.1 Å². The Labute approximate surface area is 195 Å². The van der Waals surface area contributed by atoms with Crippen molar-refractivity contribution < 1.29 is 50.3 Å². The van der Waals surface area contributed by atoms with Gasteiger partial charge in [-0.15, -0.1) is 0 Å². The molecule has 2 fully saturated rings. The Hall–Kier alpha value is -2.57. The number of aliphatic hydroxyl groups is 8. The van der Waals surface area contributed by atoms with E-state index in [4.69, 9.17) is 9.47 Å². The number of benzene rings is 1. The van der Waals surface area contributed by atoms with Crippen LogP contribution >= 0.6 is 0 Å². The monoisotopic (exact) mass is 475 g/mol. The molecule has 11 heteroatoms. The fourth-order valence-electron chi connectivity index (χ4n) is 3.57. The molecule has 34 heavy (non-hydrogen) atoms. The Morgan fingerprint density at radius 1 is 0.676 bits per heavy atom. The molecule has 2 aliphatic rings. The first-order chi connectivity index (χ1) is 16.2. The second-order valence-corrected chi connectivity index (χ2v) is 7.91. The number of nitriles is 1. The third-order valence-electron chi connectivity index (χ3n) is 5.63. The van der Waals surface area contributed by atoms with Crippen LogP contribution in [-0.4, -0.2) is 115 Å². The van der Waals surface area contributed by atoms with Gasteiger partial charge in [0, 0.05) is 11.1 Å². The molecular weight excluding hydrogens is 450 g/mol. The van der Waals surface area contributed by atoms with E-state index in [2.05, 4.69) is 23.7 Å². The summed E-state index contributed by atoms with van der Waals surface area (Å²) < 4.78 is 10.6. The molecule has 0 spiro atoms. The Morgan fingerprint density at radius 3 is 1.65 bits per heavy atom. The van der Waals surface area contributed by atoms with Crippen molar-refractivity contribution in [2.45, 2.75) is 61.0 Å². The van der Waals surface area contributed by atoms with Crippen molar-refractivity contribution in [3.63, 3.8) is 0 Å². The first-order valence-corrected chi connectivity index (χ1v) is 10.4. The molecule has 2 heterocycles. The highest BCUT2D eigenvalue weighted by molar-refractivity contribution is 5.53. The van der Waals surface area contributed by atoms with E-state index >= 15 is 0 Å². The minimum absolute atomic E-state index is 0.123. The van der Waals surface area contributed by atoms with Gasteiger partial charge in [-0.25, -0.2) is 0 Å². The van der Waals surface area contributed by atoms with E-state index in [1.54, 1.807) is 0 Å². The largest absolute Gasteiger partial charge is 0.394 e. The summed E-state index contributed by atoms with van der Waals surface area (Å²) in [6, 6.07) is 6.37. The molecule has 0 amide bonds. The normalized spacial score (nSPS) is 37.5. The van der Waals surface area contributed by atoms with Crippen LogP contribution in [0.15, 0.2) is 18.2 Å². The lowest BCUT2D eigenvalue weighted by molar-refractivity contribution is -0.214. The zero-order valence-corrected chi connectivity index (χ0v) is 17.8. The number of hydrogen-bond donors (Lipinski definition) is 8. The van der Waals surface area contributed by atoms with E-state index in [1.807, 2.05) is 6.07 Å². The van der Waals surface area contributed by atoms with Gasteiger partial charge in [-0.05, 0) is 18.2 Å². The van der Waals surface area contributed by atoms with E-state index in [1.165, 1.54) is 18.2 Å². The summed E-state index contributed by atoms with van der Waals surface area (Å²) in [7, 11) is 0. The van der Waals surface area contributed by atoms with Crippen LogP contribution in [0.1, 0.15) is 16.7 Å². The van der Waals surface area contributed by atoms with Gasteiger partial charge >= 0.3 is 0 Å². The van der Waals surface area contributed by atoms with Crippen LogP contribution in [0.5, 0.6) is 0 Å². The summed E-state index contributed by atoms with van der Waals surface area (Å²) in [6.07, 6.45) is -13.8. The molecule has 1 aromatic rings. The number of ether oxygens (including phenoxy) is 2. The molecule has 10 atom stereocenters. The maximum Gasteiger partial charge on any atom is 0.147 e. The third-order valence-corrected chi connectivity index (χ3v) is 5.63. The maximum absolute atomic E-state index is 10.1. The molecule has 10 unspecified atom stereocenters. The molecule has 11 nitrogen and oxygen atoms in total. The molecule has 0 aliphatic carbocycles. The van der Waals surface area contributed by atoms with Crippen molar-refractivity contribution in [2.75, 3.05) is 13.2 Å². The van der Waals surface area contributed by atoms with Crippen molar-refractivity contribution in [3.05, 3.63) is 34.9 Å². The minimum Gasteiger partial charge on any atom is -0.394 e. The highest BCUT2D eigenvalue weighted by Crippen LogP contribution is 2.22. The predicted molar refractivity (Wildman–Crippen MR) is 112 cm³/mol. The van der Waals surface area contributed by atoms with Crippen molar-refractivity contribution >= 4 is 0 Å². The van der Waals surface area contributed by atoms with Crippen molar-refractivity contribution in [3.8, 4) is 29.8 Å². The van der Waals surface area contributed by atoms with Crippen LogP contribution in [0.2, 0.25) is 0 Å². The van der Waals surface area contributed by atoms with Gasteiger partial charge in [-0.3, -0.25) is 0 Å². The summed E-state index contributed by atoms with van der Waals surface area (Å²) in [5.74, 6) is 10.6. The maximum atomic E-state index is 10.1. The zero-order valence-electron chi connectivity index (χ0n) is 17.8. The molecule has 0 radical (unpaired) electrons. The van der Waals surface area contributed by atoms with Crippen molar-refractivity contribution in [2.24, 2.45) is 0 Å². The van der Waals surface area contributed by atoms with Gasteiger partial charge in [0.2, 0.25) is 0 Å². The SMILES string of the molecule is N#Cc1cc(C#CC2OC(CO)C(O)C(O)C2O)ccc1C#CC1OC(CO)C(O)C(O)C1O. The lowest BCUT2D eigenvalue weighted by Gasteiger charge is -2.37. The number of nitrogens with zero attached hydrogens (tertiary/aromatic N) is 1. The highest BCUT2D eigenvalue weighted by Gasteiger charge is 2.43.